The monoisotopic (exact) mass is 231 g/mol. The molecule has 0 bridgehead atoms. The van der Waals surface area contributed by atoms with Crippen molar-refractivity contribution in [3.63, 3.8) is 0 Å². The van der Waals surface area contributed by atoms with Crippen LogP contribution in [0.25, 0.3) is 0 Å². The Bertz CT molecular complexity index is 358. The maximum Gasteiger partial charge on any atom is 0.0345 e. The normalized spacial score (nSPS) is 29.0. The van der Waals surface area contributed by atoms with Gasteiger partial charge >= 0.3 is 0 Å². The molecule has 17 heavy (non-hydrogen) atoms. The average Bonchev–Trinajstić information content (AvgIpc) is 2.34. The molecular weight excluding hydrogens is 206 g/mol. The predicted octanol–water partition coefficient (Wildman–Crippen LogP) is 4.49. The third-order valence-corrected chi connectivity index (χ3v) is 4.30. The lowest BCUT2D eigenvalue weighted by molar-refractivity contribution is 0.261. The molecule has 0 radical (unpaired) electrons. The van der Waals surface area contributed by atoms with Gasteiger partial charge in [-0.2, -0.15) is 0 Å². The van der Waals surface area contributed by atoms with Crippen molar-refractivity contribution in [3.8, 4) is 0 Å². The molecule has 3 unspecified atom stereocenters. The molecule has 1 heteroatoms. The topological polar surface area (TPSA) is 12.0 Å². The molecule has 1 saturated carbocycles. The van der Waals surface area contributed by atoms with Crippen LogP contribution in [0.4, 0.5) is 5.69 Å². The van der Waals surface area contributed by atoms with Gasteiger partial charge in [0, 0.05) is 11.7 Å². The van der Waals surface area contributed by atoms with Crippen LogP contribution in [0.15, 0.2) is 24.3 Å². The summed E-state index contributed by atoms with van der Waals surface area (Å²) in [6.45, 7) is 6.99. The van der Waals surface area contributed by atoms with Gasteiger partial charge in [0.1, 0.15) is 0 Å². The molecule has 1 aliphatic rings. The van der Waals surface area contributed by atoms with E-state index in [0.29, 0.717) is 6.04 Å². The fraction of sp³-hybridized carbons (Fsp3) is 0.625. The van der Waals surface area contributed by atoms with Crippen molar-refractivity contribution in [2.45, 2.75) is 52.5 Å². The number of hydrogen-bond acceptors (Lipinski definition) is 1. The Balaban J connectivity index is 1.96. The first kappa shape index (κ1) is 12.5. The third kappa shape index (κ3) is 3.24. The molecule has 1 aromatic carbocycles. The SMILES string of the molecule is CCc1cccc(NC2CCC(C)C(C)C2)c1. The molecule has 1 fully saturated rings. The van der Waals surface area contributed by atoms with Gasteiger partial charge in [-0.1, -0.05) is 32.9 Å². The summed E-state index contributed by atoms with van der Waals surface area (Å²) in [7, 11) is 0. The summed E-state index contributed by atoms with van der Waals surface area (Å²) < 4.78 is 0. The van der Waals surface area contributed by atoms with Crippen LogP contribution in [0.5, 0.6) is 0 Å². The molecular formula is C16H25N. The zero-order chi connectivity index (χ0) is 12.3. The number of benzene rings is 1. The van der Waals surface area contributed by atoms with E-state index >= 15 is 0 Å². The van der Waals surface area contributed by atoms with E-state index in [1.807, 2.05) is 0 Å². The Morgan fingerprint density at radius 1 is 1.18 bits per heavy atom. The molecule has 0 spiro atoms. The van der Waals surface area contributed by atoms with Crippen LogP contribution in [0, 0.1) is 11.8 Å². The van der Waals surface area contributed by atoms with Gasteiger partial charge < -0.3 is 5.32 Å². The number of nitrogens with one attached hydrogen (secondary N) is 1. The van der Waals surface area contributed by atoms with E-state index in [-0.39, 0.29) is 0 Å². The highest BCUT2D eigenvalue weighted by molar-refractivity contribution is 5.46. The Morgan fingerprint density at radius 3 is 2.71 bits per heavy atom. The van der Waals surface area contributed by atoms with Crippen LogP contribution in [-0.4, -0.2) is 6.04 Å². The van der Waals surface area contributed by atoms with Gasteiger partial charge in [-0.15, -0.1) is 0 Å². The van der Waals surface area contributed by atoms with Crippen molar-refractivity contribution in [1.29, 1.82) is 0 Å². The molecule has 0 aliphatic heterocycles. The van der Waals surface area contributed by atoms with Crippen LogP contribution in [0.3, 0.4) is 0 Å². The number of anilines is 1. The second-order valence-corrected chi connectivity index (χ2v) is 5.66. The second-order valence-electron chi connectivity index (χ2n) is 5.66. The first-order valence-electron chi connectivity index (χ1n) is 7.04. The minimum absolute atomic E-state index is 0.674. The van der Waals surface area contributed by atoms with Crippen LogP contribution in [0.1, 0.15) is 45.6 Å². The van der Waals surface area contributed by atoms with E-state index in [1.54, 1.807) is 0 Å². The fourth-order valence-corrected chi connectivity index (χ4v) is 2.80. The lowest BCUT2D eigenvalue weighted by Crippen LogP contribution is -2.30. The van der Waals surface area contributed by atoms with Gasteiger partial charge in [-0.05, 0) is 55.2 Å². The van der Waals surface area contributed by atoms with Crippen molar-refractivity contribution in [2.75, 3.05) is 5.32 Å². The zero-order valence-electron chi connectivity index (χ0n) is 11.4. The minimum Gasteiger partial charge on any atom is -0.382 e. The van der Waals surface area contributed by atoms with Gasteiger partial charge in [0.15, 0.2) is 0 Å². The Hall–Kier alpha value is -0.980. The molecule has 0 amide bonds. The van der Waals surface area contributed by atoms with E-state index in [0.717, 1.165) is 18.3 Å². The summed E-state index contributed by atoms with van der Waals surface area (Å²) in [6.07, 6.45) is 5.12. The van der Waals surface area contributed by atoms with Crippen molar-refractivity contribution in [2.24, 2.45) is 11.8 Å². The van der Waals surface area contributed by atoms with Gasteiger partial charge in [-0.3, -0.25) is 0 Å². The van der Waals surface area contributed by atoms with Gasteiger partial charge in [-0.25, -0.2) is 0 Å². The molecule has 1 aromatic rings. The number of aryl methyl sites for hydroxylation is 1. The third-order valence-electron chi connectivity index (χ3n) is 4.30. The summed E-state index contributed by atoms with van der Waals surface area (Å²) in [6, 6.07) is 9.53. The summed E-state index contributed by atoms with van der Waals surface area (Å²) in [5, 5.41) is 3.71. The molecule has 94 valence electrons. The Morgan fingerprint density at radius 2 is 2.00 bits per heavy atom. The number of hydrogen-bond donors (Lipinski definition) is 1. The van der Waals surface area contributed by atoms with Crippen molar-refractivity contribution >= 4 is 5.69 Å². The first-order valence-corrected chi connectivity index (χ1v) is 7.04. The standard InChI is InChI=1S/C16H25N/c1-4-14-6-5-7-15(11-14)17-16-9-8-12(2)13(3)10-16/h5-7,11-13,16-17H,4,8-10H2,1-3H3. The second kappa shape index (κ2) is 5.57. The molecule has 2 rings (SSSR count). The van der Waals surface area contributed by atoms with Crippen molar-refractivity contribution in [1.82, 2.24) is 0 Å². The van der Waals surface area contributed by atoms with Crippen molar-refractivity contribution < 1.29 is 0 Å². The van der Waals surface area contributed by atoms with E-state index in [9.17, 15) is 0 Å². The van der Waals surface area contributed by atoms with Gasteiger partial charge in [0.25, 0.3) is 0 Å². The van der Waals surface area contributed by atoms with E-state index in [1.165, 1.54) is 30.5 Å². The smallest absolute Gasteiger partial charge is 0.0345 e. The van der Waals surface area contributed by atoms with Crippen LogP contribution in [0.2, 0.25) is 0 Å². The molecule has 0 aromatic heterocycles. The van der Waals surface area contributed by atoms with E-state index < -0.39 is 0 Å². The van der Waals surface area contributed by atoms with E-state index in [2.05, 4.69) is 50.4 Å². The predicted molar refractivity (Wildman–Crippen MR) is 75.4 cm³/mol. The highest BCUT2D eigenvalue weighted by Gasteiger charge is 2.24. The van der Waals surface area contributed by atoms with Crippen LogP contribution < -0.4 is 5.32 Å². The lowest BCUT2D eigenvalue weighted by Gasteiger charge is -2.33. The lowest BCUT2D eigenvalue weighted by atomic mass is 9.79. The largest absolute Gasteiger partial charge is 0.382 e. The molecule has 0 saturated heterocycles. The fourth-order valence-electron chi connectivity index (χ4n) is 2.80. The first-order chi connectivity index (χ1) is 8.19. The summed E-state index contributed by atoms with van der Waals surface area (Å²) >= 11 is 0. The van der Waals surface area contributed by atoms with Crippen molar-refractivity contribution in [3.05, 3.63) is 29.8 Å². The minimum atomic E-state index is 0.674. The molecule has 1 N–H and O–H groups in total. The molecule has 1 nitrogen and oxygen atoms in total. The average molecular weight is 231 g/mol. The molecule has 0 heterocycles. The maximum absolute atomic E-state index is 3.71. The highest BCUT2D eigenvalue weighted by Crippen LogP contribution is 2.31. The summed E-state index contributed by atoms with van der Waals surface area (Å²) in [5.74, 6) is 1.76. The van der Waals surface area contributed by atoms with Crippen LogP contribution >= 0.6 is 0 Å². The zero-order valence-corrected chi connectivity index (χ0v) is 11.4. The summed E-state index contributed by atoms with van der Waals surface area (Å²) in [5.41, 5.74) is 2.73. The Kier molecular flexibility index (Phi) is 4.09. The van der Waals surface area contributed by atoms with Gasteiger partial charge in [0.2, 0.25) is 0 Å². The van der Waals surface area contributed by atoms with E-state index in [4.69, 9.17) is 0 Å². The Labute approximate surface area is 106 Å². The highest BCUT2D eigenvalue weighted by atomic mass is 14.9. The quantitative estimate of drug-likeness (QED) is 0.808. The molecule has 3 atom stereocenters. The maximum atomic E-state index is 3.71. The summed E-state index contributed by atoms with van der Waals surface area (Å²) in [4.78, 5) is 0. The van der Waals surface area contributed by atoms with Crippen LogP contribution in [-0.2, 0) is 6.42 Å². The number of rotatable bonds is 3. The molecule has 1 aliphatic carbocycles. The van der Waals surface area contributed by atoms with Gasteiger partial charge in [0.05, 0.1) is 0 Å².